The molecule has 0 bridgehead atoms. The van der Waals surface area contributed by atoms with E-state index in [0.717, 1.165) is 11.1 Å². The van der Waals surface area contributed by atoms with Crippen LogP contribution in [0.5, 0.6) is 17.2 Å². The fraction of sp³-hybridized carbons (Fsp3) is 0.208. The van der Waals surface area contributed by atoms with E-state index in [2.05, 4.69) is 10.0 Å². The van der Waals surface area contributed by atoms with Gasteiger partial charge in [-0.15, -0.1) is 0 Å². The third kappa shape index (κ3) is 6.24. The summed E-state index contributed by atoms with van der Waals surface area (Å²) in [4.78, 5) is 12.2. The van der Waals surface area contributed by atoms with Gasteiger partial charge in [-0.05, 0) is 53.9 Å². The van der Waals surface area contributed by atoms with Gasteiger partial charge < -0.3 is 19.5 Å². The van der Waals surface area contributed by atoms with Gasteiger partial charge in [-0.3, -0.25) is 4.79 Å². The lowest BCUT2D eigenvalue weighted by atomic mass is 10.2. The van der Waals surface area contributed by atoms with Gasteiger partial charge in [0, 0.05) is 13.1 Å². The molecule has 0 spiro atoms. The van der Waals surface area contributed by atoms with Crippen molar-refractivity contribution in [3.8, 4) is 17.2 Å². The SMILES string of the molecule is O=C(COc1ccc(S(=O)(=O)NCCc2ccccc2)cc1)NCc1ccc2c(c1)OCO2. The molecule has 0 unspecified atom stereocenters. The molecule has 1 aliphatic rings. The van der Waals surface area contributed by atoms with Crippen molar-refractivity contribution < 1.29 is 27.4 Å². The molecule has 1 aliphatic heterocycles. The van der Waals surface area contributed by atoms with Crippen molar-refractivity contribution in [2.75, 3.05) is 19.9 Å². The van der Waals surface area contributed by atoms with E-state index in [-0.39, 0.29) is 24.2 Å². The highest BCUT2D eigenvalue weighted by Gasteiger charge is 2.15. The molecule has 33 heavy (non-hydrogen) atoms. The summed E-state index contributed by atoms with van der Waals surface area (Å²) in [5, 5.41) is 2.77. The average Bonchev–Trinajstić information content (AvgIpc) is 3.30. The third-order valence-corrected chi connectivity index (χ3v) is 6.46. The van der Waals surface area contributed by atoms with Crippen molar-refractivity contribution in [3.63, 3.8) is 0 Å². The predicted molar refractivity (Wildman–Crippen MR) is 122 cm³/mol. The molecule has 0 fully saturated rings. The molecule has 3 aromatic rings. The molecular formula is C24H24N2O6S. The Hall–Kier alpha value is -3.56. The van der Waals surface area contributed by atoms with Crippen LogP contribution in [0, 0.1) is 0 Å². The van der Waals surface area contributed by atoms with Crippen LogP contribution in [0.25, 0.3) is 0 Å². The summed E-state index contributed by atoms with van der Waals surface area (Å²) in [6, 6.07) is 21.1. The maximum Gasteiger partial charge on any atom is 0.258 e. The molecule has 0 saturated heterocycles. The van der Waals surface area contributed by atoms with E-state index in [4.69, 9.17) is 14.2 Å². The van der Waals surface area contributed by atoms with Crippen LogP contribution in [-0.4, -0.2) is 34.3 Å². The van der Waals surface area contributed by atoms with Crippen molar-refractivity contribution in [2.24, 2.45) is 0 Å². The number of nitrogens with one attached hydrogen (secondary N) is 2. The lowest BCUT2D eigenvalue weighted by Gasteiger charge is -2.10. The van der Waals surface area contributed by atoms with Crippen molar-refractivity contribution in [3.05, 3.63) is 83.9 Å². The summed E-state index contributed by atoms with van der Waals surface area (Å²) in [6.07, 6.45) is 0.600. The first-order valence-electron chi connectivity index (χ1n) is 10.4. The van der Waals surface area contributed by atoms with Crippen molar-refractivity contribution in [2.45, 2.75) is 17.9 Å². The molecule has 9 heteroatoms. The average molecular weight is 469 g/mol. The van der Waals surface area contributed by atoms with Gasteiger partial charge in [0.05, 0.1) is 4.90 Å². The second-order valence-electron chi connectivity index (χ2n) is 7.36. The maximum atomic E-state index is 12.5. The van der Waals surface area contributed by atoms with Crippen LogP contribution in [0.1, 0.15) is 11.1 Å². The molecule has 3 aromatic carbocycles. The Labute approximate surface area is 192 Å². The summed E-state index contributed by atoms with van der Waals surface area (Å²) >= 11 is 0. The number of rotatable bonds is 10. The van der Waals surface area contributed by atoms with Crippen LogP contribution in [-0.2, 0) is 27.8 Å². The van der Waals surface area contributed by atoms with Crippen LogP contribution >= 0.6 is 0 Å². The van der Waals surface area contributed by atoms with Crippen LogP contribution in [0.2, 0.25) is 0 Å². The molecule has 0 radical (unpaired) electrons. The lowest BCUT2D eigenvalue weighted by molar-refractivity contribution is -0.123. The summed E-state index contributed by atoms with van der Waals surface area (Å²) in [7, 11) is -3.63. The summed E-state index contributed by atoms with van der Waals surface area (Å²) in [5.74, 6) is 1.44. The second-order valence-corrected chi connectivity index (χ2v) is 9.12. The molecule has 8 nitrogen and oxygen atoms in total. The van der Waals surface area contributed by atoms with Gasteiger partial charge in [-0.2, -0.15) is 0 Å². The van der Waals surface area contributed by atoms with E-state index < -0.39 is 10.0 Å². The molecule has 0 aliphatic carbocycles. The Kier molecular flexibility index (Phi) is 7.11. The number of fused-ring (bicyclic) bond motifs is 1. The fourth-order valence-corrected chi connectivity index (χ4v) is 4.26. The Morgan fingerprint density at radius 3 is 2.45 bits per heavy atom. The normalized spacial score (nSPS) is 12.4. The zero-order valence-corrected chi connectivity index (χ0v) is 18.6. The van der Waals surface area contributed by atoms with E-state index in [1.165, 1.54) is 24.3 Å². The first-order chi connectivity index (χ1) is 16.0. The summed E-state index contributed by atoms with van der Waals surface area (Å²) < 4.78 is 43.6. The Balaban J connectivity index is 1.22. The summed E-state index contributed by atoms with van der Waals surface area (Å²) in [6.45, 7) is 0.633. The molecule has 0 saturated carbocycles. The minimum absolute atomic E-state index is 0.134. The summed E-state index contributed by atoms with van der Waals surface area (Å²) in [5.41, 5.74) is 1.93. The quantitative estimate of drug-likeness (QED) is 0.474. The van der Waals surface area contributed by atoms with E-state index in [0.29, 0.717) is 36.8 Å². The Morgan fingerprint density at radius 2 is 1.67 bits per heavy atom. The van der Waals surface area contributed by atoms with Gasteiger partial charge in [0.25, 0.3) is 5.91 Å². The van der Waals surface area contributed by atoms with Gasteiger partial charge >= 0.3 is 0 Å². The number of carbonyl (C=O) groups is 1. The van der Waals surface area contributed by atoms with Crippen LogP contribution in [0.4, 0.5) is 0 Å². The highest BCUT2D eigenvalue weighted by atomic mass is 32.2. The monoisotopic (exact) mass is 468 g/mol. The zero-order chi connectivity index (χ0) is 23.1. The van der Waals surface area contributed by atoms with Crippen molar-refractivity contribution in [1.29, 1.82) is 0 Å². The zero-order valence-electron chi connectivity index (χ0n) is 17.8. The predicted octanol–water partition coefficient (Wildman–Crippen LogP) is 2.63. The highest BCUT2D eigenvalue weighted by Crippen LogP contribution is 2.32. The first-order valence-corrected chi connectivity index (χ1v) is 11.9. The number of carbonyl (C=O) groups excluding carboxylic acids is 1. The molecule has 4 rings (SSSR count). The fourth-order valence-electron chi connectivity index (χ4n) is 3.22. The molecular weight excluding hydrogens is 444 g/mol. The largest absolute Gasteiger partial charge is 0.484 e. The number of amides is 1. The molecule has 1 amide bonds. The van der Waals surface area contributed by atoms with Gasteiger partial charge in [-0.1, -0.05) is 36.4 Å². The minimum atomic E-state index is -3.63. The first kappa shape index (κ1) is 22.6. The van der Waals surface area contributed by atoms with E-state index >= 15 is 0 Å². The smallest absolute Gasteiger partial charge is 0.258 e. The highest BCUT2D eigenvalue weighted by molar-refractivity contribution is 7.89. The number of benzene rings is 3. The van der Waals surface area contributed by atoms with E-state index in [9.17, 15) is 13.2 Å². The Bertz CT molecular complexity index is 1200. The molecule has 1 heterocycles. The Morgan fingerprint density at radius 1 is 0.909 bits per heavy atom. The topological polar surface area (TPSA) is 103 Å². The molecule has 0 aromatic heterocycles. The van der Waals surface area contributed by atoms with Gasteiger partial charge in [0.2, 0.25) is 16.8 Å². The molecule has 172 valence electrons. The minimum Gasteiger partial charge on any atom is -0.484 e. The number of ether oxygens (including phenoxy) is 3. The lowest BCUT2D eigenvalue weighted by Crippen LogP contribution is -2.28. The van der Waals surface area contributed by atoms with E-state index in [1.54, 1.807) is 6.07 Å². The van der Waals surface area contributed by atoms with E-state index in [1.807, 2.05) is 42.5 Å². The van der Waals surface area contributed by atoms with Crippen LogP contribution in [0.15, 0.2) is 77.7 Å². The number of hydrogen-bond acceptors (Lipinski definition) is 6. The number of hydrogen-bond donors (Lipinski definition) is 2. The van der Waals surface area contributed by atoms with Gasteiger partial charge in [0.1, 0.15) is 5.75 Å². The molecule has 0 atom stereocenters. The van der Waals surface area contributed by atoms with Crippen LogP contribution in [0.3, 0.4) is 0 Å². The van der Waals surface area contributed by atoms with Gasteiger partial charge in [-0.25, -0.2) is 13.1 Å². The van der Waals surface area contributed by atoms with Gasteiger partial charge in [0.15, 0.2) is 18.1 Å². The second kappa shape index (κ2) is 10.4. The van der Waals surface area contributed by atoms with Crippen LogP contribution < -0.4 is 24.2 Å². The standard InChI is InChI=1S/C24H24N2O6S/c27-24(25-15-19-6-11-22-23(14-19)32-17-31-22)16-30-20-7-9-21(10-8-20)33(28,29)26-13-12-18-4-2-1-3-5-18/h1-11,14,26H,12-13,15-17H2,(H,25,27). The maximum absolute atomic E-state index is 12.5. The number of sulfonamides is 1. The van der Waals surface area contributed by atoms with Crippen molar-refractivity contribution in [1.82, 2.24) is 10.0 Å². The third-order valence-electron chi connectivity index (χ3n) is 4.98. The molecule has 2 N–H and O–H groups in total. The van der Waals surface area contributed by atoms with Crippen molar-refractivity contribution >= 4 is 15.9 Å².